The molecular weight excluding hydrogens is 364 g/mol. The van der Waals surface area contributed by atoms with E-state index in [4.69, 9.17) is 4.42 Å². The Bertz CT molecular complexity index is 693. The molecule has 3 heterocycles. The summed E-state index contributed by atoms with van der Waals surface area (Å²) in [7, 11) is 0. The van der Waals surface area contributed by atoms with E-state index in [2.05, 4.69) is 15.9 Å². The monoisotopic (exact) mass is 378 g/mol. The van der Waals surface area contributed by atoms with Crippen LogP contribution in [0.15, 0.2) is 33.4 Å². The molecule has 6 nitrogen and oxygen atoms in total. The fraction of sp³-hybridized carbons (Fsp3) is 0.438. The lowest BCUT2D eigenvalue weighted by Crippen LogP contribution is -2.62. The van der Waals surface area contributed by atoms with Crippen molar-refractivity contribution in [3.05, 3.63) is 34.7 Å². The number of nitrogens with zero attached hydrogens (tertiary/aromatic N) is 2. The Balaban J connectivity index is 1.43. The van der Waals surface area contributed by atoms with Crippen LogP contribution in [-0.4, -0.2) is 46.7 Å². The third-order valence-corrected chi connectivity index (χ3v) is 5.27. The summed E-state index contributed by atoms with van der Waals surface area (Å²) in [6, 6.07) is 3.06. The van der Waals surface area contributed by atoms with Crippen LogP contribution in [0.4, 0.5) is 0 Å². The number of hydrogen-bond acceptors (Lipinski definition) is 4. The van der Waals surface area contributed by atoms with E-state index in [0.717, 1.165) is 0 Å². The molecule has 1 aromatic rings. The van der Waals surface area contributed by atoms with Crippen molar-refractivity contribution in [2.75, 3.05) is 13.1 Å². The number of furan rings is 1. The Kier molecular flexibility index (Phi) is 3.41. The van der Waals surface area contributed by atoms with Crippen molar-refractivity contribution in [2.24, 2.45) is 11.8 Å². The number of imide groups is 1. The minimum Gasteiger partial charge on any atom is -0.444 e. The van der Waals surface area contributed by atoms with Crippen molar-refractivity contribution >= 4 is 33.7 Å². The number of carbonyl (C=O) groups excluding carboxylic acids is 3. The summed E-state index contributed by atoms with van der Waals surface area (Å²) >= 11 is 3.17. The molecule has 2 fully saturated rings. The lowest BCUT2D eigenvalue weighted by Gasteiger charge is -2.42. The standard InChI is InChI=1S/C16H15BrN2O4/c17-13-6-5-12(23-13)16(22)18-7-9(8-18)19-14(20)10-3-1-2-4-11(10)15(19)21/h1-2,5-6,9-11H,3-4,7-8H2/t10-,11-/m0/s1. The van der Waals surface area contributed by atoms with Gasteiger partial charge in [-0.25, -0.2) is 0 Å². The highest BCUT2D eigenvalue weighted by Crippen LogP contribution is 2.37. The predicted octanol–water partition coefficient (Wildman–Crippen LogP) is 1.82. The number of rotatable bonds is 2. The second kappa shape index (κ2) is 5.33. The van der Waals surface area contributed by atoms with Gasteiger partial charge in [-0.15, -0.1) is 0 Å². The first-order valence-electron chi connectivity index (χ1n) is 7.63. The molecular formula is C16H15BrN2O4. The molecule has 3 amide bonds. The number of halogens is 1. The highest BCUT2D eigenvalue weighted by atomic mass is 79.9. The first-order valence-corrected chi connectivity index (χ1v) is 8.42. The average molecular weight is 379 g/mol. The Labute approximate surface area is 141 Å². The van der Waals surface area contributed by atoms with E-state index in [1.165, 1.54) is 4.90 Å². The van der Waals surface area contributed by atoms with Crippen LogP contribution in [0, 0.1) is 11.8 Å². The average Bonchev–Trinajstić information content (AvgIpc) is 3.04. The molecule has 0 N–H and O–H groups in total. The van der Waals surface area contributed by atoms with Gasteiger partial charge >= 0.3 is 0 Å². The molecule has 0 radical (unpaired) electrons. The third kappa shape index (κ3) is 2.25. The topological polar surface area (TPSA) is 70.8 Å². The maximum Gasteiger partial charge on any atom is 0.289 e. The Morgan fingerprint density at radius 1 is 1.09 bits per heavy atom. The van der Waals surface area contributed by atoms with Crippen molar-refractivity contribution in [3.63, 3.8) is 0 Å². The van der Waals surface area contributed by atoms with Gasteiger partial charge in [-0.05, 0) is 40.9 Å². The number of carbonyl (C=O) groups is 3. The largest absolute Gasteiger partial charge is 0.444 e. The summed E-state index contributed by atoms with van der Waals surface area (Å²) in [5, 5.41) is 0. The molecule has 0 aromatic carbocycles. The van der Waals surface area contributed by atoms with Gasteiger partial charge in [0.1, 0.15) is 0 Å². The molecule has 3 aliphatic rings. The van der Waals surface area contributed by atoms with Crippen LogP contribution in [0.25, 0.3) is 0 Å². The lowest BCUT2D eigenvalue weighted by molar-refractivity contribution is -0.145. The van der Waals surface area contributed by atoms with E-state index in [9.17, 15) is 14.4 Å². The maximum atomic E-state index is 12.5. The second-order valence-corrected chi connectivity index (χ2v) is 6.95. The SMILES string of the molecule is O=C(c1ccc(Br)o1)N1CC(N2C(=O)[C@H]3CC=CC[C@@H]3C2=O)C1. The van der Waals surface area contributed by atoms with Gasteiger partial charge < -0.3 is 9.32 Å². The van der Waals surface area contributed by atoms with Gasteiger partial charge in [0.25, 0.3) is 5.91 Å². The molecule has 120 valence electrons. The van der Waals surface area contributed by atoms with Gasteiger partial charge in [0.2, 0.25) is 11.8 Å². The lowest BCUT2D eigenvalue weighted by atomic mass is 9.85. The van der Waals surface area contributed by atoms with Crippen LogP contribution in [-0.2, 0) is 9.59 Å². The zero-order chi connectivity index (χ0) is 16.1. The van der Waals surface area contributed by atoms with E-state index in [0.29, 0.717) is 30.6 Å². The second-order valence-electron chi connectivity index (χ2n) is 6.17. The first-order chi connectivity index (χ1) is 11.1. The van der Waals surface area contributed by atoms with Crippen molar-refractivity contribution in [1.29, 1.82) is 0 Å². The van der Waals surface area contributed by atoms with Gasteiger partial charge in [-0.2, -0.15) is 0 Å². The molecule has 0 unspecified atom stereocenters. The molecule has 4 rings (SSSR count). The minimum absolute atomic E-state index is 0.0813. The van der Waals surface area contributed by atoms with Gasteiger partial charge in [-0.3, -0.25) is 19.3 Å². The summed E-state index contributed by atoms with van der Waals surface area (Å²) in [4.78, 5) is 40.2. The molecule has 0 spiro atoms. The van der Waals surface area contributed by atoms with Crippen LogP contribution in [0.1, 0.15) is 23.4 Å². The Morgan fingerprint density at radius 2 is 1.70 bits per heavy atom. The van der Waals surface area contributed by atoms with Crippen LogP contribution < -0.4 is 0 Å². The van der Waals surface area contributed by atoms with E-state index in [1.807, 2.05) is 12.2 Å². The summed E-state index contributed by atoms with van der Waals surface area (Å²) in [6.45, 7) is 0.753. The number of hydrogen-bond donors (Lipinski definition) is 0. The van der Waals surface area contributed by atoms with Crippen molar-refractivity contribution < 1.29 is 18.8 Å². The molecule has 1 aromatic heterocycles. The molecule has 7 heteroatoms. The Hall–Kier alpha value is -1.89. The summed E-state index contributed by atoms with van der Waals surface area (Å²) < 4.78 is 5.75. The molecule has 2 aliphatic heterocycles. The van der Waals surface area contributed by atoms with E-state index >= 15 is 0 Å². The van der Waals surface area contributed by atoms with E-state index in [1.54, 1.807) is 17.0 Å². The normalized spacial score (nSPS) is 27.3. The van der Waals surface area contributed by atoms with E-state index < -0.39 is 0 Å². The molecule has 2 saturated heterocycles. The van der Waals surface area contributed by atoms with Crippen LogP contribution in [0.2, 0.25) is 0 Å². The first kappa shape index (κ1) is 14.7. The molecule has 23 heavy (non-hydrogen) atoms. The predicted molar refractivity (Wildman–Crippen MR) is 83.3 cm³/mol. The Morgan fingerprint density at radius 3 is 2.22 bits per heavy atom. The zero-order valence-electron chi connectivity index (χ0n) is 12.3. The van der Waals surface area contributed by atoms with Gasteiger partial charge in [0.15, 0.2) is 10.4 Å². The summed E-state index contributed by atoms with van der Waals surface area (Å²) in [5.41, 5.74) is 0. The zero-order valence-corrected chi connectivity index (χ0v) is 13.9. The van der Waals surface area contributed by atoms with Crippen LogP contribution in [0.3, 0.4) is 0 Å². The highest BCUT2D eigenvalue weighted by Gasteiger charge is 2.52. The fourth-order valence-corrected chi connectivity index (χ4v) is 3.86. The quantitative estimate of drug-likeness (QED) is 0.581. The fourth-order valence-electron chi connectivity index (χ4n) is 3.56. The van der Waals surface area contributed by atoms with Gasteiger partial charge in [0, 0.05) is 13.1 Å². The maximum absolute atomic E-state index is 12.5. The molecule has 1 aliphatic carbocycles. The van der Waals surface area contributed by atoms with Gasteiger partial charge in [0.05, 0.1) is 17.9 Å². The highest BCUT2D eigenvalue weighted by molar-refractivity contribution is 9.10. The van der Waals surface area contributed by atoms with Crippen molar-refractivity contribution in [1.82, 2.24) is 9.80 Å². The summed E-state index contributed by atoms with van der Waals surface area (Å²) in [5.74, 6) is -0.543. The molecule has 2 atom stereocenters. The number of fused-ring (bicyclic) bond motifs is 1. The van der Waals surface area contributed by atoms with E-state index in [-0.39, 0.29) is 41.4 Å². The number of likely N-dealkylation sites (tertiary alicyclic amines) is 2. The minimum atomic E-state index is -0.217. The number of amides is 3. The van der Waals surface area contributed by atoms with Gasteiger partial charge in [-0.1, -0.05) is 12.2 Å². The molecule has 0 saturated carbocycles. The van der Waals surface area contributed by atoms with Crippen molar-refractivity contribution in [3.8, 4) is 0 Å². The van der Waals surface area contributed by atoms with Crippen molar-refractivity contribution in [2.45, 2.75) is 18.9 Å². The molecule has 0 bridgehead atoms. The van der Waals surface area contributed by atoms with Crippen LogP contribution in [0.5, 0.6) is 0 Å². The third-order valence-electron chi connectivity index (χ3n) is 4.84. The number of allylic oxidation sites excluding steroid dienone is 2. The van der Waals surface area contributed by atoms with Crippen LogP contribution >= 0.6 is 15.9 Å². The smallest absolute Gasteiger partial charge is 0.289 e. The summed E-state index contributed by atoms with van der Waals surface area (Å²) in [6.07, 6.45) is 5.23.